The zero-order valence-electron chi connectivity index (χ0n) is 18.9. The van der Waals surface area contributed by atoms with Crippen LogP contribution in [0.4, 0.5) is 5.69 Å². The Hall–Kier alpha value is -2.19. The molecule has 0 saturated heterocycles. The molecular formula is C25H26Cl2N2O3S2. The number of benzene rings is 3. The Morgan fingerprint density at radius 3 is 2.41 bits per heavy atom. The van der Waals surface area contributed by atoms with Crippen molar-refractivity contribution in [3.8, 4) is 0 Å². The van der Waals surface area contributed by atoms with E-state index in [-0.39, 0.29) is 12.5 Å². The number of aryl methyl sites for hydroxylation is 1. The Morgan fingerprint density at radius 1 is 1.03 bits per heavy atom. The molecule has 0 bridgehead atoms. The quantitative estimate of drug-likeness (QED) is 0.326. The van der Waals surface area contributed by atoms with Gasteiger partial charge in [0.15, 0.2) is 0 Å². The van der Waals surface area contributed by atoms with Crippen molar-refractivity contribution >= 4 is 56.6 Å². The molecule has 0 heterocycles. The van der Waals surface area contributed by atoms with E-state index in [2.05, 4.69) is 5.32 Å². The Balaban J connectivity index is 1.52. The number of rotatable bonds is 10. The van der Waals surface area contributed by atoms with E-state index in [0.29, 0.717) is 27.8 Å². The summed E-state index contributed by atoms with van der Waals surface area (Å²) in [6.07, 6.45) is 1.19. The molecule has 0 atom stereocenters. The number of nitrogens with one attached hydrogen (secondary N) is 1. The van der Waals surface area contributed by atoms with Crippen LogP contribution >= 0.6 is 35.0 Å². The lowest BCUT2D eigenvalue weighted by Crippen LogP contribution is -2.29. The number of sulfonamides is 1. The van der Waals surface area contributed by atoms with Gasteiger partial charge >= 0.3 is 0 Å². The average Bonchev–Trinajstić information content (AvgIpc) is 2.78. The first-order valence-electron chi connectivity index (χ1n) is 10.6. The maximum Gasteiger partial charge on any atom is 0.251 e. The monoisotopic (exact) mass is 536 g/mol. The van der Waals surface area contributed by atoms with Crippen molar-refractivity contribution in [2.45, 2.75) is 19.2 Å². The molecule has 5 nitrogen and oxygen atoms in total. The molecule has 3 aromatic carbocycles. The summed E-state index contributed by atoms with van der Waals surface area (Å²) in [6.45, 7) is 2.63. The summed E-state index contributed by atoms with van der Waals surface area (Å²) in [6, 6.07) is 19.8. The summed E-state index contributed by atoms with van der Waals surface area (Å²) in [5.41, 5.74) is 3.91. The van der Waals surface area contributed by atoms with Crippen LogP contribution in [0.3, 0.4) is 0 Å². The highest BCUT2D eigenvalue weighted by atomic mass is 35.5. The molecule has 0 radical (unpaired) electrons. The molecule has 9 heteroatoms. The number of hydrogen-bond acceptors (Lipinski definition) is 4. The van der Waals surface area contributed by atoms with Crippen molar-refractivity contribution in [2.24, 2.45) is 0 Å². The topological polar surface area (TPSA) is 66.5 Å². The summed E-state index contributed by atoms with van der Waals surface area (Å²) in [5.74, 6) is 1.30. The second kappa shape index (κ2) is 12.0. The Labute approximate surface area is 215 Å². The van der Waals surface area contributed by atoms with Gasteiger partial charge in [0.25, 0.3) is 5.91 Å². The molecule has 3 rings (SSSR count). The highest BCUT2D eigenvalue weighted by molar-refractivity contribution is 7.98. The van der Waals surface area contributed by atoms with Gasteiger partial charge in [-0.05, 0) is 60.0 Å². The molecule has 0 unspecified atom stereocenters. The molecule has 0 aliphatic rings. The van der Waals surface area contributed by atoms with Gasteiger partial charge in [0.2, 0.25) is 10.0 Å². The molecule has 0 saturated carbocycles. The maximum absolute atomic E-state index is 12.5. The largest absolute Gasteiger partial charge is 0.351 e. The van der Waals surface area contributed by atoms with Crippen LogP contribution in [0.15, 0.2) is 66.7 Å². The van der Waals surface area contributed by atoms with E-state index in [1.54, 1.807) is 48.2 Å². The minimum absolute atomic E-state index is 0.171. The van der Waals surface area contributed by atoms with E-state index >= 15 is 0 Å². The van der Waals surface area contributed by atoms with Crippen LogP contribution < -0.4 is 9.62 Å². The van der Waals surface area contributed by atoms with Gasteiger partial charge in [-0.1, -0.05) is 53.5 Å². The number of hydrogen-bond donors (Lipinski definition) is 1. The summed E-state index contributed by atoms with van der Waals surface area (Å²) < 4.78 is 26.1. The normalized spacial score (nSPS) is 11.3. The van der Waals surface area contributed by atoms with Crippen molar-refractivity contribution in [2.75, 3.05) is 22.9 Å². The van der Waals surface area contributed by atoms with Crippen LogP contribution in [-0.2, 0) is 22.3 Å². The molecule has 0 aliphatic heterocycles. The first kappa shape index (κ1) is 26.4. The van der Waals surface area contributed by atoms with Crippen molar-refractivity contribution in [3.05, 3.63) is 99.0 Å². The smallest absolute Gasteiger partial charge is 0.251 e. The Bertz CT molecular complexity index is 1250. The zero-order valence-corrected chi connectivity index (χ0v) is 22.1. The number of nitrogens with zero attached hydrogens (tertiary/aromatic N) is 1. The second-order valence-electron chi connectivity index (χ2n) is 7.85. The van der Waals surface area contributed by atoms with Crippen LogP contribution in [0.25, 0.3) is 0 Å². The number of halogens is 2. The van der Waals surface area contributed by atoms with E-state index in [4.69, 9.17) is 23.2 Å². The third kappa shape index (κ3) is 7.67. The van der Waals surface area contributed by atoms with Gasteiger partial charge in [0.1, 0.15) is 0 Å². The van der Waals surface area contributed by atoms with E-state index in [1.165, 1.54) is 10.6 Å². The molecule has 0 spiro atoms. The van der Waals surface area contributed by atoms with E-state index in [9.17, 15) is 13.2 Å². The molecule has 1 amide bonds. The van der Waals surface area contributed by atoms with Gasteiger partial charge in [-0.2, -0.15) is 11.8 Å². The van der Waals surface area contributed by atoms with Gasteiger partial charge in [0.05, 0.1) is 18.5 Å². The fraction of sp³-hybridized carbons (Fsp3) is 0.240. The minimum Gasteiger partial charge on any atom is -0.351 e. The van der Waals surface area contributed by atoms with Crippen molar-refractivity contribution in [1.29, 1.82) is 0 Å². The third-order valence-electron chi connectivity index (χ3n) is 5.04. The lowest BCUT2D eigenvalue weighted by atomic mass is 10.1. The summed E-state index contributed by atoms with van der Waals surface area (Å²) in [5, 5.41) is 4.15. The molecule has 0 aliphatic carbocycles. The van der Waals surface area contributed by atoms with Gasteiger partial charge in [0, 0.05) is 33.7 Å². The lowest BCUT2D eigenvalue weighted by molar-refractivity contribution is 0.0956. The molecular weight excluding hydrogens is 511 g/mol. The Morgan fingerprint density at radius 2 is 1.76 bits per heavy atom. The fourth-order valence-electron chi connectivity index (χ4n) is 3.27. The van der Waals surface area contributed by atoms with Crippen molar-refractivity contribution in [3.63, 3.8) is 0 Å². The van der Waals surface area contributed by atoms with Gasteiger partial charge in [-0.3, -0.25) is 9.10 Å². The maximum atomic E-state index is 12.5. The number of amides is 1. The molecule has 3 aromatic rings. The van der Waals surface area contributed by atoms with Crippen LogP contribution in [0.1, 0.15) is 27.0 Å². The predicted octanol–water partition coefficient (Wildman–Crippen LogP) is 5.93. The first-order chi connectivity index (χ1) is 16.1. The third-order valence-corrected chi connectivity index (χ3v) is 7.77. The van der Waals surface area contributed by atoms with E-state index in [1.807, 2.05) is 37.3 Å². The lowest BCUT2D eigenvalue weighted by Gasteiger charge is -2.23. The zero-order chi connectivity index (χ0) is 24.7. The number of anilines is 1. The molecule has 1 N–H and O–H groups in total. The van der Waals surface area contributed by atoms with Crippen LogP contribution in [0, 0.1) is 6.92 Å². The molecule has 0 aromatic heterocycles. The summed E-state index contributed by atoms with van der Waals surface area (Å²) in [4.78, 5) is 12.5. The average molecular weight is 538 g/mol. The van der Waals surface area contributed by atoms with Crippen molar-refractivity contribution in [1.82, 2.24) is 5.32 Å². The number of thioether (sulfide) groups is 1. The van der Waals surface area contributed by atoms with Crippen LogP contribution in [0.5, 0.6) is 0 Å². The van der Waals surface area contributed by atoms with E-state index in [0.717, 1.165) is 28.2 Å². The molecule has 34 heavy (non-hydrogen) atoms. The minimum atomic E-state index is -3.46. The van der Waals surface area contributed by atoms with Crippen molar-refractivity contribution < 1.29 is 13.2 Å². The predicted molar refractivity (Wildman–Crippen MR) is 144 cm³/mol. The second-order valence-corrected chi connectivity index (χ2v) is 11.7. The number of carbonyl (C=O) groups is 1. The van der Waals surface area contributed by atoms with E-state index < -0.39 is 10.0 Å². The summed E-state index contributed by atoms with van der Waals surface area (Å²) >= 11 is 13.8. The highest BCUT2D eigenvalue weighted by Gasteiger charge is 2.18. The van der Waals surface area contributed by atoms with Gasteiger partial charge < -0.3 is 5.32 Å². The standard InChI is InChI=1S/C25H26Cl2N2O3S2/c1-18-4-3-5-23(14-18)29(34(2,31)32)16-19-6-8-20(9-7-19)25(30)28-12-13-33-17-21-10-11-22(26)15-24(21)27/h3-11,14-15H,12-13,16-17H2,1-2H3,(H,28,30). The molecule has 0 fully saturated rings. The van der Waals surface area contributed by atoms with Crippen LogP contribution in [0.2, 0.25) is 10.0 Å². The highest BCUT2D eigenvalue weighted by Crippen LogP contribution is 2.25. The first-order valence-corrected chi connectivity index (χ1v) is 14.3. The Kier molecular flexibility index (Phi) is 9.31. The SMILES string of the molecule is Cc1cccc(N(Cc2ccc(C(=O)NCCSCc3ccc(Cl)cc3Cl)cc2)S(C)(=O)=O)c1. The van der Waals surface area contributed by atoms with Gasteiger partial charge in [-0.15, -0.1) is 0 Å². The molecule has 180 valence electrons. The fourth-order valence-corrected chi connectivity index (χ4v) is 5.57. The van der Waals surface area contributed by atoms with Crippen LogP contribution in [-0.4, -0.2) is 32.9 Å². The summed E-state index contributed by atoms with van der Waals surface area (Å²) in [7, 11) is -3.46. The number of carbonyl (C=O) groups excluding carboxylic acids is 1. The van der Waals surface area contributed by atoms with Gasteiger partial charge in [-0.25, -0.2) is 8.42 Å².